The van der Waals surface area contributed by atoms with Gasteiger partial charge in [-0.25, -0.2) is 0 Å². The van der Waals surface area contributed by atoms with Gasteiger partial charge >= 0.3 is 0 Å². The number of aromatic nitrogens is 1. The fourth-order valence-electron chi connectivity index (χ4n) is 2.89. The number of hydrogen-bond acceptors (Lipinski definition) is 4. The molecular formula is C19H18N2O3. The van der Waals surface area contributed by atoms with Gasteiger partial charge in [-0.3, -0.25) is 9.69 Å². The number of ether oxygens (including phenoxy) is 1. The Balaban J connectivity index is 2.10. The summed E-state index contributed by atoms with van der Waals surface area (Å²) in [4.78, 5) is 17.5. The summed E-state index contributed by atoms with van der Waals surface area (Å²) in [7, 11) is 3.91. The van der Waals surface area contributed by atoms with Crippen molar-refractivity contribution in [3.05, 3.63) is 52.8 Å². The minimum atomic E-state index is -0.153. The Morgan fingerprint density at radius 2 is 1.88 bits per heavy atom. The van der Waals surface area contributed by atoms with Crippen molar-refractivity contribution in [3.63, 3.8) is 0 Å². The standard InChI is InChI=1S/C19H18N2O3/c1-11(21(2)3)23-15-10-6-8-13-17(15)18-16(19(22)20-13)12-7-4-5-9-14(12)24-18/h4-11H,1-3H3,(H,20,22). The summed E-state index contributed by atoms with van der Waals surface area (Å²) in [6.45, 7) is 1.97. The Bertz CT molecular complexity index is 1110. The van der Waals surface area contributed by atoms with Crippen LogP contribution in [0.25, 0.3) is 32.8 Å². The molecule has 1 atom stereocenters. The van der Waals surface area contributed by atoms with E-state index in [1.165, 1.54) is 0 Å². The van der Waals surface area contributed by atoms with E-state index in [2.05, 4.69) is 4.98 Å². The highest BCUT2D eigenvalue weighted by atomic mass is 16.5. The Hall–Kier alpha value is -2.79. The van der Waals surface area contributed by atoms with Crippen LogP contribution in [-0.2, 0) is 0 Å². The number of furan rings is 1. The molecule has 1 N–H and O–H groups in total. The van der Waals surface area contributed by atoms with Crippen molar-refractivity contribution in [2.75, 3.05) is 14.1 Å². The van der Waals surface area contributed by atoms with Crippen LogP contribution < -0.4 is 10.3 Å². The third-order valence-corrected chi connectivity index (χ3v) is 4.35. The molecule has 5 heteroatoms. The Kier molecular flexibility index (Phi) is 3.32. The zero-order valence-electron chi connectivity index (χ0n) is 13.8. The highest BCUT2D eigenvalue weighted by Crippen LogP contribution is 2.35. The van der Waals surface area contributed by atoms with E-state index >= 15 is 0 Å². The molecule has 0 radical (unpaired) electrons. The van der Waals surface area contributed by atoms with Crippen LogP contribution in [0, 0.1) is 0 Å². The highest BCUT2D eigenvalue weighted by molar-refractivity contribution is 6.15. The first-order chi connectivity index (χ1) is 11.6. The lowest BCUT2D eigenvalue weighted by atomic mass is 10.1. The third kappa shape index (κ3) is 2.17. The van der Waals surface area contributed by atoms with Gasteiger partial charge in [0, 0.05) is 5.39 Å². The molecule has 0 spiro atoms. The van der Waals surface area contributed by atoms with Crippen molar-refractivity contribution >= 4 is 32.8 Å². The van der Waals surface area contributed by atoms with Crippen LogP contribution in [0.2, 0.25) is 0 Å². The van der Waals surface area contributed by atoms with Gasteiger partial charge in [0.2, 0.25) is 0 Å². The monoisotopic (exact) mass is 322 g/mol. The van der Waals surface area contributed by atoms with Gasteiger partial charge in [-0.1, -0.05) is 24.3 Å². The molecule has 0 saturated heterocycles. The molecule has 24 heavy (non-hydrogen) atoms. The first-order valence-electron chi connectivity index (χ1n) is 7.85. The van der Waals surface area contributed by atoms with Crippen molar-refractivity contribution in [3.8, 4) is 5.75 Å². The van der Waals surface area contributed by atoms with Crippen LogP contribution in [0.5, 0.6) is 5.75 Å². The molecule has 0 saturated carbocycles. The topological polar surface area (TPSA) is 58.5 Å². The normalized spacial score (nSPS) is 13.2. The second-order valence-electron chi connectivity index (χ2n) is 6.12. The molecule has 4 aromatic rings. The Labute approximate surface area is 138 Å². The number of fused-ring (bicyclic) bond motifs is 5. The lowest BCUT2D eigenvalue weighted by Crippen LogP contribution is -2.30. The van der Waals surface area contributed by atoms with Crippen molar-refractivity contribution < 1.29 is 9.15 Å². The molecule has 4 rings (SSSR count). The van der Waals surface area contributed by atoms with E-state index in [-0.39, 0.29) is 11.8 Å². The fourth-order valence-corrected chi connectivity index (χ4v) is 2.89. The van der Waals surface area contributed by atoms with Crippen molar-refractivity contribution in [2.24, 2.45) is 0 Å². The second kappa shape index (κ2) is 5.39. The minimum Gasteiger partial charge on any atom is -0.475 e. The quantitative estimate of drug-likeness (QED) is 0.584. The number of para-hydroxylation sites is 1. The van der Waals surface area contributed by atoms with E-state index in [0.717, 1.165) is 10.8 Å². The number of hydrogen-bond donors (Lipinski definition) is 1. The summed E-state index contributed by atoms with van der Waals surface area (Å²) in [6, 6.07) is 13.2. The molecule has 2 aromatic heterocycles. The van der Waals surface area contributed by atoms with Crippen molar-refractivity contribution in [1.82, 2.24) is 9.88 Å². The smallest absolute Gasteiger partial charge is 0.260 e. The molecular weight excluding hydrogens is 304 g/mol. The maximum Gasteiger partial charge on any atom is 0.260 e. The molecule has 5 nitrogen and oxygen atoms in total. The maximum absolute atomic E-state index is 12.5. The highest BCUT2D eigenvalue weighted by Gasteiger charge is 2.18. The van der Waals surface area contributed by atoms with Gasteiger partial charge in [0.15, 0.2) is 5.58 Å². The molecule has 0 bridgehead atoms. The number of H-pyrrole nitrogens is 1. The fraction of sp³-hybridized carbons (Fsp3) is 0.211. The average molecular weight is 322 g/mol. The van der Waals surface area contributed by atoms with E-state index in [4.69, 9.17) is 9.15 Å². The van der Waals surface area contributed by atoms with Crippen LogP contribution in [-0.4, -0.2) is 30.2 Å². The summed E-state index contributed by atoms with van der Waals surface area (Å²) in [6.07, 6.45) is -0.109. The first kappa shape index (κ1) is 14.8. The lowest BCUT2D eigenvalue weighted by Gasteiger charge is -2.22. The average Bonchev–Trinajstić information content (AvgIpc) is 2.94. The van der Waals surface area contributed by atoms with Crippen LogP contribution >= 0.6 is 0 Å². The van der Waals surface area contributed by atoms with E-state index in [0.29, 0.717) is 27.8 Å². The van der Waals surface area contributed by atoms with Gasteiger partial charge in [-0.15, -0.1) is 0 Å². The van der Waals surface area contributed by atoms with E-state index < -0.39 is 0 Å². The van der Waals surface area contributed by atoms with Gasteiger partial charge in [-0.2, -0.15) is 0 Å². The maximum atomic E-state index is 12.5. The molecule has 0 aliphatic carbocycles. The first-order valence-corrected chi connectivity index (χ1v) is 7.85. The van der Waals surface area contributed by atoms with Crippen LogP contribution in [0.1, 0.15) is 6.92 Å². The van der Waals surface area contributed by atoms with Crippen LogP contribution in [0.3, 0.4) is 0 Å². The SMILES string of the molecule is CC(Oc1cccc2[nH]c(=O)c3c4ccccc4oc3c12)N(C)C. The molecule has 2 heterocycles. The van der Waals surface area contributed by atoms with E-state index in [1.807, 2.05) is 68.4 Å². The molecule has 1 unspecified atom stereocenters. The van der Waals surface area contributed by atoms with Gasteiger partial charge < -0.3 is 14.1 Å². The molecule has 0 aliphatic heterocycles. The van der Waals surface area contributed by atoms with Gasteiger partial charge in [-0.05, 0) is 39.2 Å². The number of rotatable bonds is 3. The lowest BCUT2D eigenvalue weighted by molar-refractivity contribution is 0.0831. The molecule has 0 amide bonds. The predicted molar refractivity (Wildman–Crippen MR) is 95.6 cm³/mol. The van der Waals surface area contributed by atoms with Gasteiger partial charge in [0.05, 0.1) is 16.3 Å². The van der Waals surface area contributed by atoms with Crippen molar-refractivity contribution in [1.29, 1.82) is 0 Å². The third-order valence-electron chi connectivity index (χ3n) is 4.35. The largest absolute Gasteiger partial charge is 0.475 e. The zero-order chi connectivity index (χ0) is 16.8. The summed E-state index contributed by atoms with van der Waals surface area (Å²) in [5.74, 6) is 0.689. The Morgan fingerprint density at radius 1 is 1.08 bits per heavy atom. The summed E-state index contributed by atoms with van der Waals surface area (Å²) >= 11 is 0. The molecule has 0 aliphatic rings. The minimum absolute atomic E-state index is 0.109. The number of aromatic amines is 1. The number of nitrogens with zero attached hydrogens (tertiary/aromatic N) is 1. The molecule has 0 fully saturated rings. The summed E-state index contributed by atoms with van der Waals surface area (Å²) in [5.41, 5.74) is 1.81. The van der Waals surface area contributed by atoms with Gasteiger partial charge in [0.1, 0.15) is 17.6 Å². The summed E-state index contributed by atoms with van der Waals surface area (Å²) in [5, 5.41) is 2.16. The molecule has 2 aromatic carbocycles. The van der Waals surface area contributed by atoms with E-state index in [9.17, 15) is 4.79 Å². The van der Waals surface area contributed by atoms with Gasteiger partial charge in [0.25, 0.3) is 5.56 Å². The second-order valence-corrected chi connectivity index (χ2v) is 6.12. The van der Waals surface area contributed by atoms with Crippen LogP contribution in [0.4, 0.5) is 0 Å². The van der Waals surface area contributed by atoms with Crippen LogP contribution in [0.15, 0.2) is 51.7 Å². The molecule has 122 valence electrons. The van der Waals surface area contributed by atoms with E-state index in [1.54, 1.807) is 0 Å². The predicted octanol–water partition coefficient (Wildman–Crippen LogP) is 3.71. The zero-order valence-corrected chi connectivity index (χ0v) is 13.8. The van der Waals surface area contributed by atoms with Crippen molar-refractivity contribution in [2.45, 2.75) is 13.2 Å². The number of benzene rings is 2. The number of pyridine rings is 1. The number of nitrogens with one attached hydrogen (secondary N) is 1. The summed E-state index contributed by atoms with van der Waals surface area (Å²) < 4.78 is 12.1. The Morgan fingerprint density at radius 3 is 2.67 bits per heavy atom.